The van der Waals surface area contributed by atoms with Crippen molar-refractivity contribution in [2.45, 2.75) is 32.3 Å². The summed E-state index contributed by atoms with van der Waals surface area (Å²) in [7, 11) is 0. The minimum atomic E-state index is -4.44. The molecule has 148 valence electrons. The predicted molar refractivity (Wildman–Crippen MR) is 91.3 cm³/mol. The second-order valence-corrected chi connectivity index (χ2v) is 6.08. The summed E-state index contributed by atoms with van der Waals surface area (Å²) in [6, 6.07) is 5.83. The molecule has 1 amide bonds. The van der Waals surface area contributed by atoms with Crippen LogP contribution in [0.2, 0.25) is 0 Å². The van der Waals surface area contributed by atoms with Crippen LogP contribution in [0.15, 0.2) is 43.0 Å². The summed E-state index contributed by atoms with van der Waals surface area (Å²) in [6.07, 6.45) is -1.50. The Morgan fingerprint density at radius 1 is 1.36 bits per heavy atom. The van der Waals surface area contributed by atoms with Crippen molar-refractivity contribution >= 4 is 5.91 Å². The summed E-state index contributed by atoms with van der Waals surface area (Å²) in [5, 5.41) is 13.3. The molecule has 1 atom stereocenters. The van der Waals surface area contributed by atoms with E-state index in [4.69, 9.17) is 4.74 Å². The van der Waals surface area contributed by atoms with Gasteiger partial charge in [0.2, 0.25) is 0 Å². The van der Waals surface area contributed by atoms with Crippen molar-refractivity contribution < 1.29 is 22.7 Å². The quantitative estimate of drug-likeness (QED) is 0.641. The Balaban J connectivity index is 1.54. The van der Waals surface area contributed by atoms with Gasteiger partial charge in [-0.15, -0.1) is 0 Å². The fourth-order valence-electron chi connectivity index (χ4n) is 2.43. The molecule has 2 aromatic heterocycles. The number of halogens is 3. The highest BCUT2D eigenvalue weighted by molar-refractivity contribution is 5.92. The average Bonchev–Trinajstić information content (AvgIpc) is 3.31. The normalized spacial score (nSPS) is 12.6. The van der Waals surface area contributed by atoms with E-state index in [1.807, 2.05) is 6.92 Å². The van der Waals surface area contributed by atoms with Crippen molar-refractivity contribution in [3.05, 3.63) is 59.9 Å². The van der Waals surface area contributed by atoms with Crippen molar-refractivity contribution in [1.82, 2.24) is 30.3 Å². The summed E-state index contributed by atoms with van der Waals surface area (Å²) in [4.78, 5) is 16.0. The molecule has 0 fully saturated rings. The Kier molecular flexibility index (Phi) is 5.62. The van der Waals surface area contributed by atoms with Crippen LogP contribution in [0.3, 0.4) is 0 Å². The summed E-state index contributed by atoms with van der Waals surface area (Å²) in [5.41, 5.74) is -0.198. The monoisotopic (exact) mass is 394 g/mol. The predicted octanol–water partition coefficient (Wildman–Crippen LogP) is 2.42. The molecule has 0 aliphatic heterocycles. The van der Waals surface area contributed by atoms with E-state index in [2.05, 4.69) is 25.6 Å². The largest absolute Gasteiger partial charge is 0.487 e. The maximum atomic E-state index is 12.7. The summed E-state index contributed by atoms with van der Waals surface area (Å²) < 4.78 is 45.1. The molecule has 1 aromatic carbocycles. The second-order valence-electron chi connectivity index (χ2n) is 6.08. The highest BCUT2D eigenvalue weighted by atomic mass is 19.4. The highest BCUT2D eigenvalue weighted by Gasteiger charge is 2.30. The van der Waals surface area contributed by atoms with Gasteiger partial charge in [-0.05, 0) is 31.2 Å². The number of hydrogen-bond donors (Lipinski definition) is 2. The zero-order valence-electron chi connectivity index (χ0n) is 14.8. The number of benzene rings is 1. The van der Waals surface area contributed by atoms with E-state index in [9.17, 15) is 18.0 Å². The third kappa shape index (κ3) is 5.09. The molecule has 2 heterocycles. The number of alkyl halides is 3. The lowest BCUT2D eigenvalue weighted by molar-refractivity contribution is -0.137. The number of amides is 1. The molecule has 11 heteroatoms. The Bertz CT molecular complexity index is 923. The van der Waals surface area contributed by atoms with Gasteiger partial charge in [0, 0.05) is 6.04 Å². The second kappa shape index (κ2) is 8.11. The van der Waals surface area contributed by atoms with Gasteiger partial charge in [0.25, 0.3) is 5.91 Å². The van der Waals surface area contributed by atoms with Crippen LogP contribution in [-0.4, -0.2) is 36.9 Å². The number of H-pyrrole nitrogens is 1. The molecule has 3 rings (SSSR count). The van der Waals surface area contributed by atoms with Crippen molar-refractivity contribution in [1.29, 1.82) is 0 Å². The van der Waals surface area contributed by atoms with Gasteiger partial charge in [0.1, 0.15) is 30.7 Å². The van der Waals surface area contributed by atoms with Crippen molar-refractivity contribution in [2.75, 3.05) is 0 Å². The van der Waals surface area contributed by atoms with E-state index in [0.717, 1.165) is 12.1 Å². The van der Waals surface area contributed by atoms with Crippen LogP contribution in [0.5, 0.6) is 5.75 Å². The van der Waals surface area contributed by atoms with Crippen LogP contribution in [0.4, 0.5) is 13.2 Å². The lowest BCUT2D eigenvalue weighted by atomic mass is 10.2. The molecular formula is C17H17F3N6O2. The first-order valence-electron chi connectivity index (χ1n) is 8.29. The molecule has 0 unspecified atom stereocenters. The number of nitrogens with zero attached hydrogens (tertiary/aromatic N) is 4. The van der Waals surface area contributed by atoms with Gasteiger partial charge in [-0.3, -0.25) is 14.6 Å². The van der Waals surface area contributed by atoms with Crippen LogP contribution < -0.4 is 10.1 Å². The standard InChI is InChI=1S/C17H17F3N6O2/c1-11(7-26-10-21-9-22-26)23-16(27)15-6-13(24-25-15)8-28-14-4-2-3-12(5-14)17(18,19)20/h2-6,9-11H,7-8H2,1H3,(H,23,27)(H,24,25)/t11-/m0/s1. The van der Waals surface area contributed by atoms with E-state index in [1.54, 1.807) is 11.0 Å². The lowest BCUT2D eigenvalue weighted by Gasteiger charge is -2.12. The molecule has 0 saturated heterocycles. The first kappa shape index (κ1) is 19.4. The van der Waals surface area contributed by atoms with Gasteiger partial charge in [-0.2, -0.15) is 23.4 Å². The van der Waals surface area contributed by atoms with Crippen LogP contribution in [0.25, 0.3) is 0 Å². The number of aromatic amines is 1. The van der Waals surface area contributed by atoms with Gasteiger partial charge in [0.15, 0.2) is 0 Å². The van der Waals surface area contributed by atoms with Gasteiger partial charge in [0.05, 0.1) is 17.8 Å². The SMILES string of the molecule is C[C@@H](Cn1cncn1)NC(=O)c1cc(COc2cccc(C(F)(F)F)c2)[nH]n1. The number of carbonyl (C=O) groups excluding carboxylic acids is 1. The van der Waals surface area contributed by atoms with E-state index >= 15 is 0 Å². The van der Waals surface area contributed by atoms with Gasteiger partial charge in [-0.25, -0.2) is 4.98 Å². The fraction of sp³-hybridized carbons (Fsp3) is 0.294. The zero-order chi connectivity index (χ0) is 20.1. The minimum Gasteiger partial charge on any atom is -0.487 e. The van der Waals surface area contributed by atoms with E-state index < -0.39 is 17.6 Å². The third-order valence-corrected chi connectivity index (χ3v) is 3.72. The Hall–Kier alpha value is -3.37. The maximum Gasteiger partial charge on any atom is 0.416 e. The van der Waals surface area contributed by atoms with Gasteiger partial charge >= 0.3 is 6.18 Å². The van der Waals surface area contributed by atoms with Crippen molar-refractivity contribution in [3.8, 4) is 5.75 Å². The van der Waals surface area contributed by atoms with Crippen molar-refractivity contribution in [3.63, 3.8) is 0 Å². The molecule has 0 spiro atoms. The van der Waals surface area contributed by atoms with Gasteiger partial charge in [-0.1, -0.05) is 6.07 Å². The number of carbonyl (C=O) groups is 1. The lowest BCUT2D eigenvalue weighted by Crippen LogP contribution is -2.36. The summed E-state index contributed by atoms with van der Waals surface area (Å²) in [6.45, 7) is 2.20. The Morgan fingerprint density at radius 2 is 2.18 bits per heavy atom. The average molecular weight is 394 g/mol. The number of ether oxygens (including phenoxy) is 1. The molecule has 0 aliphatic rings. The minimum absolute atomic E-state index is 0.0594. The number of nitrogens with one attached hydrogen (secondary N) is 2. The molecule has 0 radical (unpaired) electrons. The molecule has 2 N–H and O–H groups in total. The molecular weight excluding hydrogens is 377 g/mol. The van der Waals surface area contributed by atoms with E-state index in [-0.39, 0.29) is 24.1 Å². The molecule has 0 aliphatic carbocycles. The smallest absolute Gasteiger partial charge is 0.416 e. The Labute approximate surface area is 157 Å². The molecule has 0 saturated carbocycles. The van der Waals surface area contributed by atoms with Crippen molar-refractivity contribution in [2.24, 2.45) is 0 Å². The van der Waals surface area contributed by atoms with Crippen LogP contribution in [0.1, 0.15) is 28.7 Å². The van der Waals surface area contributed by atoms with E-state index in [1.165, 1.54) is 24.5 Å². The first-order chi connectivity index (χ1) is 13.3. The van der Waals surface area contributed by atoms with Crippen LogP contribution >= 0.6 is 0 Å². The number of hydrogen-bond acceptors (Lipinski definition) is 5. The summed E-state index contributed by atoms with van der Waals surface area (Å²) in [5.74, 6) is -0.328. The highest BCUT2D eigenvalue weighted by Crippen LogP contribution is 2.31. The van der Waals surface area contributed by atoms with E-state index in [0.29, 0.717) is 12.2 Å². The zero-order valence-corrected chi connectivity index (χ0v) is 14.8. The first-order valence-corrected chi connectivity index (χ1v) is 8.29. The maximum absolute atomic E-state index is 12.7. The molecule has 0 bridgehead atoms. The van der Waals surface area contributed by atoms with Gasteiger partial charge < -0.3 is 10.1 Å². The number of rotatable bonds is 7. The topological polar surface area (TPSA) is 97.7 Å². The molecule has 3 aromatic rings. The molecule has 8 nitrogen and oxygen atoms in total. The molecule has 28 heavy (non-hydrogen) atoms. The summed E-state index contributed by atoms with van der Waals surface area (Å²) >= 11 is 0. The number of aromatic nitrogens is 5. The van der Waals surface area contributed by atoms with Crippen LogP contribution in [0, 0.1) is 0 Å². The fourth-order valence-corrected chi connectivity index (χ4v) is 2.43. The third-order valence-electron chi connectivity index (χ3n) is 3.72. The van der Waals surface area contributed by atoms with Crippen LogP contribution in [-0.2, 0) is 19.3 Å². The Morgan fingerprint density at radius 3 is 2.89 bits per heavy atom.